The van der Waals surface area contributed by atoms with Gasteiger partial charge >= 0.3 is 0 Å². The summed E-state index contributed by atoms with van der Waals surface area (Å²) >= 11 is 0. The summed E-state index contributed by atoms with van der Waals surface area (Å²) in [4.78, 5) is 23.3. The molecular weight excluding hydrogens is 274 g/mol. The second-order valence-electron chi connectivity index (χ2n) is 4.56. The van der Waals surface area contributed by atoms with E-state index in [-0.39, 0.29) is 30.5 Å². The van der Waals surface area contributed by atoms with Gasteiger partial charge in [-0.2, -0.15) is 5.10 Å². The lowest BCUT2D eigenvalue weighted by Gasteiger charge is -2.05. The average Bonchev–Trinajstić information content (AvgIpc) is 2.81. The highest BCUT2D eigenvalue weighted by atomic mass is 16.5. The number of aromatic nitrogens is 2. The van der Waals surface area contributed by atoms with E-state index in [2.05, 4.69) is 20.8 Å². The van der Waals surface area contributed by atoms with Crippen molar-refractivity contribution in [1.29, 1.82) is 0 Å². The van der Waals surface area contributed by atoms with E-state index in [1.165, 1.54) is 0 Å². The molecule has 0 atom stereocenters. The van der Waals surface area contributed by atoms with Crippen molar-refractivity contribution < 1.29 is 14.3 Å². The minimum atomic E-state index is -0.379. The van der Waals surface area contributed by atoms with E-state index in [0.717, 1.165) is 18.5 Å². The van der Waals surface area contributed by atoms with Gasteiger partial charge in [0.1, 0.15) is 0 Å². The number of nitrogen functional groups attached to an aromatic ring is 1. The number of hydrogen-bond acceptors (Lipinski definition) is 5. The number of rotatable bonds is 9. The second kappa shape index (κ2) is 8.96. The molecule has 0 spiro atoms. The normalized spacial score (nSPS) is 10.4. The zero-order valence-electron chi connectivity index (χ0n) is 12.5. The SMILES string of the molecule is CCCc1[nH]nc(C(=O)NCCC(=O)NCCOC)c1N. The highest BCUT2D eigenvalue weighted by Gasteiger charge is 2.16. The van der Waals surface area contributed by atoms with Gasteiger partial charge in [-0.1, -0.05) is 13.3 Å². The molecule has 2 amide bonds. The van der Waals surface area contributed by atoms with Gasteiger partial charge in [0.15, 0.2) is 5.69 Å². The maximum Gasteiger partial charge on any atom is 0.273 e. The molecule has 1 aromatic heterocycles. The Morgan fingerprint density at radius 1 is 1.33 bits per heavy atom. The lowest BCUT2D eigenvalue weighted by Crippen LogP contribution is -2.32. The van der Waals surface area contributed by atoms with Gasteiger partial charge in [0, 0.05) is 26.6 Å². The molecule has 1 aromatic rings. The molecule has 0 aliphatic carbocycles. The molecule has 0 saturated heterocycles. The van der Waals surface area contributed by atoms with Crippen LogP contribution < -0.4 is 16.4 Å². The van der Waals surface area contributed by atoms with E-state index < -0.39 is 0 Å². The number of methoxy groups -OCH3 is 1. The Hall–Kier alpha value is -2.09. The van der Waals surface area contributed by atoms with Crippen LogP contribution in [0.5, 0.6) is 0 Å². The maximum atomic E-state index is 11.9. The van der Waals surface area contributed by atoms with Crippen molar-refractivity contribution in [3.05, 3.63) is 11.4 Å². The van der Waals surface area contributed by atoms with E-state index >= 15 is 0 Å². The van der Waals surface area contributed by atoms with Gasteiger partial charge in [-0.25, -0.2) is 0 Å². The molecule has 8 heteroatoms. The van der Waals surface area contributed by atoms with E-state index in [4.69, 9.17) is 10.5 Å². The first kappa shape index (κ1) is 17.0. The van der Waals surface area contributed by atoms with Crippen molar-refractivity contribution in [2.75, 3.05) is 32.5 Å². The number of nitrogens with two attached hydrogens (primary N) is 1. The summed E-state index contributed by atoms with van der Waals surface area (Å²) in [6.45, 7) is 3.16. The number of anilines is 1. The molecule has 118 valence electrons. The first-order valence-corrected chi connectivity index (χ1v) is 6.96. The molecule has 1 rings (SSSR count). The molecule has 21 heavy (non-hydrogen) atoms. The van der Waals surface area contributed by atoms with Crippen LogP contribution in [0.1, 0.15) is 35.9 Å². The van der Waals surface area contributed by atoms with Gasteiger partial charge in [0.05, 0.1) is 18.0 Å². The number of nitrogens with zero attached hydrogens (tertiary/aromatic N) is 1. The van der Waals surface area contributed by atoms with Crippen molar-refractivity contribution in [3.63, 3.8) is 0 Å². The minimum Gasteiger partial charge on any atom is -0.395 e. The summed E-state index contributed by atoms with van der Waals surface area (Å²) in [5.74, 6) is -0.523. The molecular formula is C13H23N5O3. The van der Waals surface area contributed by atoms with E-state index in [1.807, 2.05) is 6.92 Å². The zero-order chi connectivity index (χ0) is 15.7. The van der Waals surface area contributed by atoms with Gasteiger partial charge in [-0.15, -0.1) is 0 Å². The minimum absolute atomic E-state index is 0.144. The Morgan fingerprint density at radius 3 is 2.76 bits per heavy atom. The molecule has 0 aliphatic rings. The first-order valence-electron chi connectivity index (χ1n) is 6.96. The van der Waals surface area contributed by atoms with Crippen molar-refractivity contribution in [2.45, 2.75) is 26.2 Å². The molecule has 0 unspecified atom stereocenters. The van der Waals surface area contributed by atoms with E-state index in [1.54, 1.807) is 7.11 Å². The number of carbonyl (C=O) groups is 2. The summed E-state index contributed by atoms with van der Waals surface area (Å²) in [6.07, 6.45) is 1.85. The third-order valence-electron chi connectivity index (χ3n) is 2.86. The molecule has 0 aromatic carbocycles. The summed E-state index contributed by atoms with van der Waals surface area (Å²) in [6, 6.07) is 0. The first-order chi connectivity index (χ1) is 10.1. The fraction of sp³-hybridized carbons (Fsp3) is 0.615. The van der Waals surface area contributed by atoms with Gasteiger partial charge in [0.25, 0.3) is 5.91 Å². The molecule has 0 radical (unpaired) electrons. The average molecular weight is 297 g/mol. The number of H-pyrrole nitrogens is 1. The Balaban J connectivity index is 2.35. The number of amides is 2. The molecule has 5 N–H and O–H groups in total. The standard InChI is InChI=1S/C13H23N5O3/c1-3-4-9-11(14)12(18-17-9)13(20)16-6-5-10(19)15-7-8-21-2/h3-8,14H2,1-2H3,(H,15,19)(H,16,20)(H,17,18). The Labute approximate surface area is 123 Å². The van der Waals surface area contributed by atoms with Crippen molar-refractivity contribution in [2.24, 2.45) is 0 Å². The summed E-state index contributed by atoms with van der Waals surface area (Å²) < 4.78 is 4.82. The third-order valence-corrected chi connectivity index (χ3v) is 2.86. The maximum absolute atomic E-state index is 11.9. The number of ether oxygens (including phenoxy) is 1. The molecule has 0 bridgehead atoms. The van der Waals surface area contributed by atoms with Crippen LogP contribution in [0.25, 0.3) is 0 Å². The van der Waals surface area contributed by atoms with Gasteiger partial charge in [0.2, 0.25) is 5.91 Å². The van der Waals surface area contributed by atoms with Crippen LogP contribution in [0.2, 0.25) is 0 Å². The highest BCUT2D eigenvalue weighted by molar-refractivity contribution is 5.97. The van der Waals surface area contributed by atoms with Crippen molar-refractivity contribution in [1.82, 2.24) is 20.8 Å². The van der Waals surface area contributed by atoms with Crippen LogP contribution >= 0.6 is 0 Å². The summed E-state index contributed by atoms with van der Waals surface area (Å²) in [7, 11) is 1.56. The molecule has 0 fully saturated rings. The number of nitrogens with one attached hydrogen (secondary N) is 3. The third kappa shape index (κ3) is 5.42. The topological polar surface area (TPSA) is 122 Å². The second-order valence-corrected chi connectivity index (χ2v) is 4.56. The lowest BCUT2D eigenvalue weighted by atomic mass is 10.2. The monoisotopic (exact) mass is 297 g/mol. The molecule has 1 heterocycles. The quantitative estimate of drug-likeness (QED) is 0.471. The van der Waals surface area contributed by atoms with Crippen LogP contribution in [0.3, 0.4) is 0 Å². The largest absolute Gasteiger partial charge is 0.395 e. The Kier molecular flexibility index (Phi) is 7.24. The summed E-state index contributed by atoms with van der Waals surface area (Å²) in [5, 5.41) is 12.0. The van der Waals surface area contributed by atoms with Crippen LogP contribution in [-0.4, -0.2) is 48.8 Å². The number of carbonyl (C=O) groups excluding carboxylic acids is 2. The zero-order valence-corrected chi connectivity index (χ0v) is 12.5. The van der Waals surface area contributed by atoms with E-state index in [9.17, 15) is 9.59 Å². The number of hydrogen-bond donors (Lipinski definition) is 4. The van der Waals surface area contributed by atoms with E-state index in [0.29, 0.717) is 18.8 Å². The van der Waals surface area contributed by atoms with Crippen LogP contribution in [0.15, 0.2) is 0 Å². The fourth-order valence-electron chi connectivity index (χ4n) is 1.75. The predicted octanol–water partition coefficient (Wildman–Crippen LogP) is -0.173. The molecule has 0 saturated carbocycles. The van der Waals surface area contributed by atoms with Crippen molar-refractivity contribution in [3.8, 4) is 0 Å². The fourth-order valence-corrected chi connectivity index (χ4v) is 1.75. The highest BCUT2D eigenvalue weighted by Crippen LogP contribution is 2.15. The predicted molar refractivity (Wildman–Crippen MR) is 78.8 cm³/mol. The Bertz CT molecular complexity index is 472. The van der Waals surface area contributed by atoms with Gasteiger partial charge in [-0.3, -0.25) is 14.7 Å². The Morgan fingerprint density at radius 2 is 2.10 bits per heavy atom. The van der Waals surface area contributed by atoms with Gasteiger partial charge < -0.3 is 21.1 Å². The van der Waals surface area contributed by atoms with Crippen LogP contribution in [0, 0.1) is 0 Å². The van der Waals surface area contributed by atoms with Crippen LogP contribution in [0.4, 0.5) is 5.69 Å². The summed E-state index contributed by atoms with van der Waals surface area (Å²) in [5.41, 5.74) is 7.17. The number of aromatic amines is 1. The number of aryl methyl sites for hydroxylation is 1. The van der Waals surface area contributed by atoms with Gasteiger partial charge in [-0.05, 0) is 6.42 Å². The van der Waals surface area contributed by atoms with Crippen molar-refractivity contribution >= 4 is 17.5 Å². The lowest BCUT2D eigenvalue weighted by molar-refractivity contribution is -0.121. The molecule has 0 aliphatic heterocycles. The smallest absolute Gasteiger partial charge is 0.273 e. The van der Waals surface area contributed by atoms with Crippen LogP contribution in [-0.2, 0) is 16.0 Å². The molecule has 8 nitrogen and oxygen atoms in total.